The molecule has 3 fully saturated rings. The monoisotopic (exact) mass is 744 g/mol. The number of carbonyl (C=O) groups is 5. The second kappa shape index (κ2) is 14.0. The largest absolute Gasteiger partial charge is 0.417 e. The summed E-state index contributed by atoms with van der Waals surface area (Å²) in [5.74, 6) is -2.01. The third-order valence-corrected chi connectivity index (χ3v) is 11.1. The molecule has 16 heteroatoms. The molecule has 13 nitrogen and oxygen atoms in total. The van der Waals surface area contributed by atoms with Crippen LogP contribution in [0.4, 0.5) is 24.5 Å². The number of carbonyl (C=O) groups excluding carboxylic acids is 5. The molecule has 2 aromatic carbocycles. The maximum absolute atomic E-state index is 13.4. The van der Waals surface area contributed by atoms with Gasteiger partial charge in [0.25, 0.3) is 17.7 Å². The smallest absolute Gasteiger partial charge is 0.371 e. The van der Waals surface area contributed by atoms with E-state index in [0.717, 1.165) is 80.3 Å². The molecule has 0 bridgehead atoms. The van der Waals surface area contributed by atoms with Crippen LogP contribution in [0.15, 0.2) is 48.8 Å². The third kappa shape index (κ3) is 6.95. The van der Waals surface area contributed by atoms with E-state index in [1.807, 2.05) is 12.3 Å². The first-order valence-corrected chi connectivity index (χ1v) is 17.9. The number of rotatable bonds is 8. The lowest BCUT2D eigenvalue weighted by Gasteiger charge is -2.33. The Morgan fingerprint density at radius 3 is 2.43 bits per heavy atom. The van der Waals surface area contributed by atoms with Gasteiger partial charge in [-0.05, 0) is 106 Å². The third-order valence-electron chi connectivity index (χ3n) is 11.1. The fraction of sp³-hybridized carbons (Fsp3) is 0.447. The zero-order chi connectivity index (χ0) is 38.5. The quantitative estimate of drug-likeness (QED) is 0.322. The van der Waals surface area contributed by atoms with Crippen LogP contribution in [-0.4, -0.2) is 87.9 Å². The molecule has 2 atom stereocenters. The van der Waals surface area contributed by atoms with Gasteiger partial charge in [-0.15, -0.1) is 0 Å². The summed E-state index contributed by atoms with van der Waals surface area (Å²) >= 11 is 0. The van der Waals surface area contributed by atoms with Gasteiger partial charge in [0.05, 0.1) is 34.5 Å². The van der Waals surface area contributed by atoms with Gasteiger partial charge in [0.2, 0.25) is 11.8 Å². The Balaban J connectivity index is 0.913. The maximum atomic E-state index is 13.4. The lowest BCUT2D eigenvalue weighted by atomic mass is 9.91. The molecule has 4 aliphatic heterocycles. The van der Waals surface area contributed by atoms with Crippen LogP contribution in [0.25, 0.3) is 0 Å². The number of hydrogen-bond acceptors (Lipinski definition) is 9. The van der Waals surface area contributed by atoms with Gasteiger partial charge in [-0.3, -0.25) is 38.9 Å². The number of anilines is 2. The van der Waals surface area contributed by atoms with Crippen LogP contribution >= 0.6 is 0 Å². The Bertz CT molecular complexity index is 2080. The van der Waals surface area contributed by atoms with Crippen molar-refractivity contribution in [2.24, 2.45) is 5.92 Å². The minimum atomic E-state index is -4.74. The zero-order valence-electron chi connectivity index (χ0n) is 29.8. The van der Waals surface area contributed by atoms with E-state index in [2.05, 4.69) is 25.5 Å². The molecule has 0 saturated carbocycles. The van der Waals surface area contributed by atoms with Gasteiger partial charge in [-0.1, -0.05) is 0 Å². The van der Waals surface area contributed by atoms with Gasteiger partial charge in [-0.25, -0.2) is 0 Å². The second-order valence-electron chi connectivity index (χ2n) is 15.0. The second-order valence-corrected chi connectivity index (χ2v) is 15.0. The van der Waals surface area contributed by atoms with Crippen LogP contribution in [0.1, 0.15) is 89.3 Å². The van der Waals surface area contributed by atoms with E-state index in [0.29, 0.717) is 5.92 Å². The summed E-state index contributed by atoms with van der Waals surface area (Å²) in [4.78, 5) is 69.3. The molecule has 0 spiro atoms. The Morgan fingerprint density at radius 1 is 0.981 bits per heavy atom. The zero-order valence-corrected chi connectivity index (χ0v) is 29.8. The standard InChI is InChI=1S/C38H39F3N8O5/c1-37(2,36(54)44-26-4-3-24(17-42)30(15-26)38(39,40)41)48-21-25(18-43-48)23-10-12-46(13-11-23)19-22-9-14-47(20-22)27-5-6-28-29(16-27)35(53)49(34(28)52)31-7-8-32(50)45-33(31)51/h3-6,15-16,18,21-23,31H,7-14,19-20H2,1-2H3,(H,44,54)(H,45,50,51). The molecule has 282 valence electrons. The molecule has 4 aliphatic rings. The molecule has 7 rings (SSSR count). The molecule has 1 aromatic heterocycles. The van der Waals surface area contributed by atoms with Gasteiger partial charge in [0.1, 0.15) is 11.6 Å². The predicted octanol–water partition coefficient (Wildman–Crippen LogP) is 4.25. The lowest BCUT2D eigenvalue weighted by Crippen LogP contribution is -2.54. The average molecular weight is 745 g/mol. The molecular weight excluding hydrogens is 705 g/mol. The minimum Gasteiger partial charge on any atom is -0.371 e. The first kappa shape index (κ1) is 36.8. The van der Waals surface area contributed by atoms with E-state index < -0.39 is 58.4 Å². The number of likely N-dealkylation sites (tertiary alicyclic amines) is 1. The molecular formula is C38H39F3N8O5. The van der Waals surface area contributed by atoms with Crippen molar-refractivity contribution in [3.05, 3.63) is 76.6 Å². The van der Waals surface area contributed by atoms with E-state index in [4.69, 9.17) is 5.26 Å². The summed E-state index contributed by atoms with van der Waals surface area (Å²) in [6, 6.07) is 8.82. The van der Waals surface area contributed by atoms with Gasteiger partial charge in [0, 0.05) is 43.6 Å². The molecule has 54 heavy (non-hydrogen) atoms. The SMILES string of the molecule is CC(C)(C(=O)Nc1ccc(C#N)c(C(F)(F)F)c1)n1cc(C2CCN(CC3CCN(c4ccc5c(c4)C(=O)N(C4CCC(=O)NC4=O)C5=O)C3)CC2)cn1. The summed E-state index contributed by atoms with van der Waals surface area (Å²) in [5.41, 5.74) is -0.560. The van der Waals surface area contributed by atoms with Crippen molar-refractivity contribution in [2.75, 3.05) is 42.9 Å². The number of imide groups is 2. The number of nitrogens with zero attached hydrogens (tertiary/aromatic N) is 6. The van der Waals surface area contributed by atoms with E-state index in [9.17, 15) is 37.1 Å². The summed E-state index contributed by atoms with van der Waals surface area (Å²) in [5, 5.41) is 18.3. The fourth-order valence-electron chi connectivity index (χ4n) is 7.88. The highest BCUT2D eigenvalue weighted by Gasteiger charge is 2.45. The molecule has 0 aliphatic carbocycles. The molecule has 3 saturated heterocycles. The van der Waals surface area contributed by atoms with E-state index in [-0.39, 0.29) is 35.6 Å². The van der Waals surface area contributed by atoms with Gasteiger partial charge < -0.3 is 15.1 Å². The van der Waals surface area contributed by atoms with Crippen molar-refractivity contribution in [3.8, 4) is 6.07 Å². The first-order valence-electron chi connectivity index (χ1n) is 17.9. The van der Waals surface area contributed by atoms with E-state index in [1.165, 1.54) is 16.8 Å². The molecule has 0 radical (unpaired) electrons. The summed E-state index contributed by atoms with van der Waals surface area (Å²) in [6.07, 6.45) is 1.76. The number of amides is 5. The Kier molecular flexibility index (Phi) is 9.55. The van der Waals surface area contributed by atoms with Crippen molar-refractivity contribution in [1.82, 2.24) is 24.9 Å². The lowest BCUT2D eigenvalue weighted by molar-refractivity contribution is -0.138. The van der Waals surface area contributed by atoms with Crippen LogP contribution in [0.2, 0.25) is 0 Å². The van der Waals surface area contributed by atoms with Crippen LogP contribution < -0.4 is 15.5 Å². The van der Waals surface area contributed by atoms with Crippen LogP contribution in [0.5, 0.6) is 0 Å². The minimum absolute atomic E-state index is 0.0654. The molecule has 2 N–H and O–H groups in total. The van der Waals surface area contributed by atoms with Crippen molar-refractivity contribution in [3.63, 3.8) is 0 Å². The summed E-state index contributed by atoms with van der Waals surface area (Å²) in [6.45, 7) is 7.53. The van der Waals surface area contributed by atoms with E-state index >= 15 is 0 Å². The van der Waals surface area contributed by atoms with Crippen LogP contribution in [0, 0.1) is 17.2 Å². The van der Waals surface area contributed by atoms with Crippen molar-refractivity contribution < 1.29 is 37.1 Å². The van der Waals surface area contributed by atoms with Crippen LogP contribution in [-0.2, 0) is 26.1 Å². The Hall–Kier alpha value is -5.56. The molecule has 5 heterocycles. The number of hydrogen-bond donors (Lipinski definition) is 2. The Morgan fingerprint density at radius 2 is 1.72 bits per heavy atom. The van der Waals surface area contributed by atoms with Gasteiger partial charge in [-0.2, -0.15) is 23.5 Å². The highest BCUT2D eigenvalue weighted by atomic mass is 19.4. The normalized spacial score (nSPS) is 21.3. The Labute approximate surface area is 309 Å². The molecule has 2 unspecified atom stereocenters. The predicted molar refractivity (Wildman–Crippen MR) is 188 cm³/mol. The maximum Gasteiger partial charge on any atom is 0.417 e. The molecule has 5 amide bonds. The topological polar surface area (TPSA) is 161 Å². The number of aromatic nitrogens is 2. The number of alkyl halides is 3. The summed E-state index contributed by atoms with van der Waals surface area (Å²) < 4.78 is 41.9. The number of fused-ring (bicyclic) bond motifs is 1. The number of benzene rings is 2. The highest BCUT2D eigenvalue weighted by molar-refractivity contribution is 6.23. The molecule has 3 aromatic rings. The number of nitrogens with one attached hydrogen (secondary N) is 2. The fourth-order valence-corrected chi connectivity index (χ4v) is 7.88. The van der Waals surface area contributed by atoms with Crippen molar-refractivity contribution in [1.29, 1.82) is 5.26 Å². The summed E-state index contributed by atoms with van der Waals surface area (Å²) in [7, 11) is 0. The van der Waals surface area contributed by atoms with Crippen molar-refractivity contribution >= 4 is 40.9 Å². The number of piperidine rings is 2. The number of nitriles is 1. The van der Waals surface area contributed by atoms with Crippen molar-refractivity contribution in [2.45, 2.75) is 69.6 Å². The van der Waals surface area contributed by atoms with Crippen LogP contribution in [0.3, 0.4) is 0 Å². The van der Waals surface area contributed by atoms with Gasteiger partial charge >= 0.3 is 6.18 Å². The van der Waals surface area contributed by atoms with E-state index in [1.54, 1.807) is 32.2 Å². The highest BCUT2D eigenvalue weighted by Crippen LogP contribution is 2.36. The first-order chi connectivity index (χ1) is 25.6. The average Bonchev–Trinajstić information content (AvgIpc) is 3.88. The van der Waals surface area contributed by atoms with Gasteiger partial charge in [0.15, 0.2) is 0 Å². The number of halogens is 3.